The van der Waals surface area contributed by atoms with Crippen LogP contribution in [0.15, 0.2) is 29.2 Å². The maximum absolute atomic E-state index is 12.4. The van der Waals surface area contributed by atoms with Gasteiger partial charge in [0, 0.05) is 6.04 Å². The number of halogens is 2. The Morgan fingerprint density at radius 1 is 1.23 bits per heavy atom. The fourth-order valence-electron chi connectivity index (χ4n) is 1.60. The van der Waals surface area contributed by atoms with Gasteiger partial charge in [0.1, 0.15) is 0 Å². The second-order valence-electron chi connectivity index (χ2n) is 4.75. The summed E-state index contributed by atoms with van der Waals surface area (Å²) in [4.78, 5) is 22.4. The van der Waals surface area contributed by atoms with E-state index in [1.54, 1.807) is 0 Å². The lowest BCUT2D eigenvalue weighted by molar-refractivity contribution is -0.124. The van der Waals surface area contributed by atoms with Crippen LogP contribution in [0.4, 0.5) is 8.78 Å². The van der Waals surface area contributed by atoms with Crippen LogP contribution >= 0.6 is 0 Å². The van der Waals surface area contributed by atoms with Crippen LogP contribution in [0.2, 0.25) is 0 Å². The molecule has 22 heavy (non-hydrogen) atoms. The van der Waals surface area contributed by atoms with Gasteiger partial charge >= 0.3 is 11.7 Å². The molecule has 0 unspecified atom stereocenters. The summed E-state index contributed by atoms with van der Waals surface area (Å²) in [6, 6.07) is 4.03. The Kier molecular flexibility index (Phi) is 4.74. The van der Waals surface area contributed by atoms with Gasteiger partial charge in [-0.05, 0) is 37.1 Å². The predicted octanol–water partition coefficient (Wildman–Crippen LogP) is 1.12. The van der Waals surface area contributed by atoms with Gasteiger partial charge in [-0.2, -0.15) is 8.78 Å². The van der Waals surface area contributed by atoms with Crippen molar-refractivity contribution in [2.75, 3.05) is 6.61 Å². The van der Waals surface area contributed by atoms with Gasteiger partial charge in [0.15, 0.2) is 6.61 Å². The highest BCUT2D eigenvalue weighted by Crippen LogP contribution is 2.19. The van der Waals surface area contributed by atoms with Crippen molar-refractivity contribution >= 4 is 21.7 Å². The molecule has 9 heteroatoms. The lowest BCUT2D eigenvalue weighted by Crippen LogP contribution is -2.30. The maximum atomic E-state index is 12.4. The van der Waals surface area contributed by atoms with Gasteiger partial charge in [-0.3, -0.25) is 4.79 Å². The molecule has 0 atom stereocenters. The quantitative estimate of drug-likeness (QED) is 0.788. The molecule has 0 bridgehead atoms. The van der Waals surface area contributed by atoms with Crippen LogP contribution < -0.4 is 5.32 Å². The number of esters is 1. The minimum atomic E-state index is -4.70. The van der Waals surface area contributed by atoms with Gasteiger partial charge in [0.25, 0.3) is 5.91 Å². The van der Waals surface area contributed by atoms with Crippen LogP contribution in [0.25, 0.3) is 0 Å². The molecular weight excluding hydrogens is 320 g/mol. The van der Waals surface area contributed by atoms with Gasteiger partial charge in [0.05, 0.1) is 10.5 Å². The van der Waals surface area contributed by atoms with Gasteiger partial charge < -0.3 is 10.1 Å². The molecule has 1 aliphatic carbocycles. The molecule has 0 saturated heterocycles. The van der Waals surface area contributed by atoms with E-state index in [1.807, 2.05) is 0 Å². The Hall–Kier alpha value is -2.03. The molecule has 0 aromatic heterocycles. The molecule has 0 spiro atoms. The highest BCUT2D eigenvalue weighted by atomic mass is 32.2. The third-order valence-electron chi connectivity index (χ3n) is 2.93. The summed E-state index contributed by atoms with van der Waals surface area (Å²) in [5.41, 5.74) is -0.0348. The third-order valence-corrected chi connectivity index (χ3v) is 4.33. The second-order valence-corrected chi connectivity index (χ2v) is 6.67. The van der Waals surface area contributed by atoms with E-state index in [-0.39, 0.29) is 11.6 Å². The van der Waals surface area contributed by atoms with Crippen molar-refractivity contribution in [3.05, 3.63) is 29.8 Å². The zero-order valence-corrected chi connectivity index (χ0v) is 12.1. The lowest BCUT2D eigenvalue weighted by atomic mass is 10.2. The first-order valence-corrected chi connectivity index (χ1v) is 7.94. The molecule has 1 amide bonds. The number of hydrogen-bond acceptors (Lipinski definition) is 5. The minimum Gasteiger partial charge on any atom is -0.452 e. The third kappa shape index (κ3) is 4.00. The van der Waals surface area contributed by atoms with E-state index in [1.165, 1.54) is 0 Å². The van der Waals surface area contributed by atoms with E-state index in [2.05, 4.69) is 5.32 Å². The van der Waals surface area contributed by atoms with E-state index in [9.17, 15) is 26.8 Å². The molecule has 0 aliphatic heterocycles. The minimum absolute atomic E-state index is 0.0348. The molecule has 6 nitrogen and oxygen atoms in total. The van der Waals surface area contributed by atoms with Crippen molar-refractivity contribution in [2.24, 2.45) is 0 Å². The zero-order chi connectivity index (χ0) is 16.3. The highest BCUT2D eigenvalue weighted by Gasteiger charge is 2.27. The van der Waals surface area contributed by atoms with Crippen molar-refractivity contribution in [1.29, 1.82) is 0 Å². The number of ether oxygens (including phenoxy) is 1. The maximum Gasteiger partial charge on any atom is 0.341 e. The first-order valence-electron chi connectivity index (χ1n) is 6.39. The van der Waals surface area contributed by atoms with Crippen LogP contribution in [0.5, 0.6) is 0 Å². The van der Waals surface area contributed by atoms with Crippen molar-refractivity contribution in [1.82, 2.24) is 5.32 Å². The topological polar surface area (TPSA) is 89.5 Å². The van der Waals surface area contributed by atoms with E-state index < -0.39 is 39.0 Å². The van der Waals surface area contributed by atoms with Crippen LogP contribution in [0.3, 0.4) is 0 Å². The Labute approximate surface area is 125 Å². The van der Waals surface area contributed by atoms with Crippen LogP contribution in [0.1, 0.15) is 23.2 Å². The number of carbonyl (C=O) groups excluding carboxylic acids is 2. The van der Waals surface area contributed by atoms with Crippen LogP contribution in [-0.4, -0.2) is 38.7 Å². The Morgan fingerprint density at radius 2 is 1.82 bits per heavy atom. The average Bonchev–Trinajstić information content (AvgIpc) is 3.28. The number of alkyl halides is 2. The Bertz CT molecular complexity index is 668. The molecular formula is C13H13F2NO5S. The highest BCUT2D eigenvalue weighted by molar-refractivity contribution is 7.91. The molecule has 1 aliphatic rings. The lowest BCUT2D eigenvalue weighted by Gasteiger charge is -2.06. The van der Waals surface area contributed by atoms with E-state index in [4.69, 9.17) is 4.74 Å². The fraction of sp³-hybridized carbons (Fsp3) is 0.385. The van der Waals surface area contributed by atoms with E-state index in [0.29, 0.717) is 0 Å². The largest absolute Gasteiger partial charge is 0.452 e. The number of hydrogen-bond donors (Lipinski definition) is 1. The van der Waals surface area contributed by atoms with E-state index in [0.717, 1.165) is 37.1 Å². The molecule has 0 radical (unpaired) electrons. The summed E-state index contributed by atoms with van der Waals surface area (Å²) < 4.78 is 51.9. The van der Waals surface area contributed by atoms with Gasteiger partial charge in [-0.1, -0.05) is 0 Å². The molecule has 1 aromatic carbocycles. The molecule has 1 saturated carbocycles. The molecule has 1 fully saturated rings. The van der Waals surface area contributed by atoms with Crippen LogP contribution in [0, 0.1) is 0 Å². The number of amides is 1. The predicted molar refractivity (Wildman–Crippen MR) is 71.1 cm³/mol. The number of carbonyl (C=O) groups is 2. The average molecular weight is 333 g/mol. The number of rotatable bonds is 6. The molecule has 2 rings (SSSR count). The van der Waals surface area contributed by atoms with Gasteiger partial charge in [-0.15, -0.1) is 0 Å². The van der Waals surface area contributed by atoms with Crippen LogP contribution in [-0.2, 0) is 19.4 Å². The smallest absolute Gasteiger partial charge is 0.341 e. The summed E-state index contributed by atoms with van der Waals surface area (Å²) in [5.74, 6) is -4.80. The number of nitrogens with one attached hydrogen (secondary N) is 1. The molecule has 0 heterocycles. The SMILES string of the molecule is O=C(COC(=O)c1ccc(S(=O)(=O)C(F)F)cc1)NC1CC1. The summed E-state index contributed by atoms with van der Waals surface area (Å²) in [5, 5.41) is 2.62. The summed E-state index contributed by atoms with van der Waals surface area (Å²) in [6.45, 7) is -0.452. The Morgan fingerprint density at radius 3 is 2.32 bits per heavy atom. The molecule has 1 N–H and O–H groups in total. The van der Waals surface area contributed by atoms with E-state index >= 15 is 0 Å². The number of sulfone groups is 1. The van der Waals surface area contributed by atoms with Crippen molar-refractivity contribution in [3.63, 3.8) is 0 Å². The summed E-state index contributed by atoms with van der Waals surface area (Å²) >= 11 is 0. The monoisotopic (exact) mass is 333 g/mol. The van der Waals surface area contributed by atoms with Crippen molar-refractivity contribution in [2.45, 2.75) is 29.5 Å². The zero-order valence-electron chi connectivity index (χ0n) is 11.3. The van der Waals surface area contributed by atoms with Crippen molar-refractivity contribution < 1.29 is 31.5 Å². The standard InChI is InChI=1S/C13H13F2NO5S/c14-13(15)22(19,20)10-5-1-8(2-6-10)12(18)21-7-11(17)16-9-3-4-9/h1-2,5-6,9,13H,3-4,7H2,(H,16,17). The Balaban J connectivity index is 1.94. The first kappa shape index (κ1) is 16.3. The van der Waals surface area contributed by atoms with Gasteiger partial charge in [0.2, 0.25) is 9.84 Å². The fourth-order valence-corrected chi connectivity index (χ4v) is 2.32. The molecule has 120 valence electrons. The first-order chi connectivity index (χ1) is 10.3. The summed E-state index contributed by atoms with van der Waals surface area (Å²) in [7, 11) is -4.70. The second kappa shape index (κ2) is 6.39. The number of benzene rings is 1. The van der Waals surface area contributed by atoms with Crippen molar-refractivity contribution in [3.8, 4) is 0 Å². The van der Waals surface area contributed by atoms with Gasteiger partial charge in [-0.25, -0.2) is 13.2 Å². The molecule has 1 aromatic rings. The normalized spacial score (nSPS) is 14.7. The summed E-state index contributed by atoms with van der Waals surface area (Å²) in [6.07, 6.45) is 1.81.